The van der Waals surface area contributed by atoms with Crippen LogP contribution in [0.25, 0.3) is 0 Å². The first-order valence-corrected chi connectivity index (χ1v) is 2.09. The van der Waals surface area contributed by atoms with Crippen LogP contribution >= 0.6 is 0 Å². The second kappa shape index (κ2) is 2.71. The van der Waals surface area contributed by atoms with Crippen LogP contribution in [0.15, 0.2) is 12.3 Å². The van der Waals surface area contributed by atoms with Gasteiger partial charge in [-0.1, -0.05) is 6.58 Å². The number of hydrogen-bond acceptors (Lipinski definition) is 3. The van der Waals surface area contributed by atoms with E-state index < -0.39 is 11.9 Å². The van der Waals surface area contributed by atoms with Gasteiger partial charge in [0.25, 0.3) is 5.91 Å². The van der Waals surface area contributed by atoms with Crippen LogP contribution in [0.4, 0.5) is 4.79 Å². The minimum absolute atomic E-state index is 0.242. The summed E-state index contributed by atoms with van der Waals surface area (Å²) in [5, 5.41) is 1.72. The quantitative estimate of drug-likeness (QED) is 0.382. The van der Waals surface area contributed by atoms with Crippen LogP contribution in [-0.4, -0.2) is 11.9 Å². The van der Waals surface area contributed by atoms with Crippen LogP contribution in [-0.2, 0) is 4.79 Å². The second-order valence-electron chi connectivity index (χ2n) is 1.34. The second-order valence-corrected chi connectivity index (χ2v) is 1.34. The largest absolute Gasteiger partial charge is 0.395 e. The first-order valence-electron chi connectivity index (χ1n) is 2.09. The van der Waals surface area contributed by atoms with Gasteiger partial charge in [0.15, 0.2) is 0 Å². The molecule has 0 saturated carbocycles. The van der Waals surface area contributed by atoms with Gasteiger partial charge in [0, 0.05) is 0 Å². The maximum absolute atomic E-state index is 10.3. The van der Waals surface area contributed by atoms with Gasteiger partial charge in [-0.05, 0) is 0 Å². The third-order valence-corrected chi connectivity index (χ3v) is 0.528. The molecular formula is C4H7N3O2. The molecule has 0 heterocycles. The number of carbonyl (C=O) groups excluding carboxylic acids is 2. The Bertz CT molecular complexity index is 163. The number of amides is 3. The van der Waals surface area contributed by atoms with Gasteiger partial charge in [0.1, 0.15) is 0 Å². The van der Waals surface area contributed by atoms with Crippen molar-refractivity contribution in [3.05, 3.63) is 12.3 Å². The van der Waals surface area contributed by atoms with E-state index in [1.54, 1.807) is 5.32 Å². The standard InChI is InChI=1S/C4H7N3O2/c1-2(5)3(8)7-4(6)9/h1,5H2,(H3,6,7,8,9). The molecule has 9 heavy (non-hydrogen) atoms. The molecule has 0 aromatic heterocycles. The summed E-state index contributed by atoms with van der Waals surface area (Å²) in [5.74, 6) is -0.762. The summed E-state index contributed by atoms with van der Waals surface area (Å²) in [6, 6.07) is -0.938. The molecule has 0 bridgehead atoms. The number of rotatable bonds is 1. The van der Waals surface area contributed by atoms with Gasteiger partial charge in [0.2, 0.25) is 0 Å². The van der Waals surface area contributed by atoms with Gasteiger partial charge < -0.3 is 11.5 Å². The Morgan fingerprint density at radius 2 is 1.78 bits per heavy atom. The molecule has 0 rings (SSSR count). The van der Waals surface area contributed by atoms with Crippen LogP contribution in [0, 0.1) is 0 Å². The molecule has 0 aromatic carbocycles. The summed E-state index contributed by atoms with van der Waals surface area (Å²) in [6.45, 7) is 3.07. The first-order chi connectivity index (χ1) is 4.04. The fourth-order valence-electron chi connectivity index (χ4n) is 0.192. The Morgan fingerprint density at radius 1 is 1.33 bits per heavy atom. The minimum Gasteiger partial charge on any atom is -0.395 e. The summed E-state index contributed by atoms with van der Waals surface area (Å²) >= 11 is 0. The number of hydrogen-bond donors (Lipinski definition) is 3. The van der Waals surface area contributed by atoms with Crippen LogP contribution < -0.4 is 16.8 Å². The number of nitrogens with two attached hydrogens (primary N) is 2. The molecular weight excluding hydrogens is 122 g/mol. The highest BCUT2D eigenvalue weighted by atomic mass is 16.2. The Morgan fingerprint density at radius 3 is 1.89 bits per heavy atom. The highest BCUT2D eigenvalue weighted by Crippen LogP contribution is 1.73. The van der Waals surface area contributed by atoms with E-state index in [1.807, 2.05) is 0 Å². The average molecular weight is 129 g/mol. The van der Waals surface area contributed by atoms with Gasteiger partial charge >= 0.3 is 6.03 Å². The lowest BCUT2D eigenvalue weighted by Gasteiger charge is -1.95. The van der Waals surface area contributed by atoms with Crippen molar-refractivity contribution in [3.8, 4) is 0 Å². The molecule has 3 amide bonds. The Labute approximate surface area is 51.7 Å². The predicted octanol–water partition coefficient (Wildman–Crippen LogP) is -1.35. The molecule has 0 fully saturated rings. The molecule has 0 spiro atoms. The van der Waals surface area contributed by atoms with E-state index in [0.29, 0.717) is 0 Å². The van der Waals surface area contributed by atoms with Gasteiger partial charge in [-0.3, -0.25) is 10.1 Å². The number of carbonyl (C=O) groups is 2. The highest BCUT2D eigenvalue weighted by Gasteiger charge is 2.02. The number of nitrogens with one attached hydrogen (secondary N) is 1. The summed E-state index contributed by atoms with van der Waals surface area (Å²) in [6.07, 6.45) is 0. The maximum Gasteiger partial charge on any atom is 0.319 e. The molecule has 0 aliphatic rings. The maximum atomic E-state index is 10.3. The number of primary amides is 1. The topological polar surface area (TPSA) is 98.2 Å². The van der Waals surface area contributed by atoms with Crippen LogP contribution in [0.5, 0.6) is 0 Å². The van der Waals surface area contributed by atoms with Crippen molar-refractivity contribution in [1.82, 2.24) is 5.32 Å². The predicted molar refractivity (Wildman–Crippen MR) is 31.1 cm³/mol. The molecule has 5 heteroatoms. The van der Waals surface area contributed by atoms with Crippen LogP contribution in [0.3, 0.4) is 0 Å². The van der Waals surface area contributed by atoms with Gasteiger partial charge in [0.05, 0.1) is 5.70 Å². The third kappa shape index (κ3) is 3.10. The van der Waals surface area contributed by atoms with E-state index in [1.165, 1.54) is 0 Å². The SMILES string of the molecule is C=C(N)C(=O)NC(N)=O. The summed E-state index contributed by atoms with van der Waals surface area (Å²) in [7, 11) is 0. The van der Waals surface area contributed by atoms with E-state index in [2.05, 4.69) is 12.3 Å². The van der Waals surface area contributed by atoms with Gasteiger partial charge in [-0.15, -0.1) is 0 Å². The normalized spacial score (nSPS) is 8.00. The monoisotopic (exact) mass is 129 g/mol. The molecule has 0 saturated heterocycles. The smallest absolute Gasteiger partial charge is 0.319 e. The summed E-state index contributed by atoms with van der Waals surface area (Å²) < 4.78 is 0. The zero-order valence-electron chi connectivity index (χ0n) is 4.68. The van der Waals surface area contributed by atoms with Crippen molar-refractivity contribution >= 4 is 11.9 Å². The van der Waals surface area contributed by atoms with Gasteiger partial charge in [-0.25, -0.2) is 4.79 Å². The number of urea groups is 1. The zero-order chi connectivity index (χ0) is 7.44. The van der Waals surface area contributed by atoms with Crippen LogP contribution in [0.1, 0.15) is 0 Å². The molecule has 0 aliphatic heterocycles. The zero-order valence-corrected chi connectivity index (χ0v) is 4.68. The van der Waals surface area contributed by atoms with E-state index in [0.717, 1.165) is 0 Å². The van der Waals surface area contributed by atoms with Crippen molar-refractivity contribution in [2.75, 3.05) is 0 Å². The van der Waals surface area contributed by atoms with Gasteiger partial charge in [-0.2, -0.15) is 0 Å². The lowest BCUT2D eigenvalue weighted by Crippen LogP contribution is -2.37. The van der Waals surface area contributed by atoms with Crippen molar-refractivity contribution in [2.24, 2.45) is 11.5 Å². The van der Waals surface area contributed by atoms with Crippen molar-refractivity contribution in [1.29, 1.82) is 0 Å². The van der Waals surface area contributed by atoms with Crippen molar-refractivity contribution in [3.63, 3.8) is 0 Å². The Balaban J connectivity index is 3.79. The fourth-order valence-corrected chi connectivity index (χ4v) is 0.192. The average Bonchev–Trinajstić information content (AvgIpc) is 1.63. The molecule has 5 N–H and O–H groups in total. The summed E-state index contributed by atoms with van der Waals surface area (Å²) in [4.78, 5) is 20.2. The van der Waals surface area contributed by atoms with E-state index in [4.69, 9.17) is 5.73 Å². The number of imide groups is 1. The molecule has 50 valence electrons. The minimum atomic E-state index is -0.938. The fraction of sp³-hybridized carbons (Fsp3) is 0. The first kappa shape index (κ1) is 7.48. The molecule has 0 aromatic rings. The Kier molecular flexibility index (Phi) is 2.25. The van der Waals surface area contributed by atoms with E-state index in [9.17, 15) is 9.59 Å². The molecule has 5 nitrogen and oxygen atoms in total. The van der Waals surface area contributed by atoms with E-state index in [-0.39, 0.29) is 5.70 Å². The highest BCUT2D eigenvalue weighted by molar-refractivity contribution is 6.02. The molecule has 0 atom stereocenters. The van der Waals surface area contributed by atoms with Crippen molar-refractivity contribution in [2.45, 2.75) is 0 Å². The molecule has 0 aliphatic carbocycles. The molecule has 0 unspecified atom stereocenters. The van der Waals surface area contributed by atoms with Crippen LogP contribution in [0.2, 0.25) is 0 Å². The lowest BCUT2D eigenvalue weighted by atomic mass is 10.5. The third-order valence-electron chi connectivity index (χ3n) is 0.528. The molecule has 0 radical (unpaired) electrons. The van der Waals surface area contributed by atoms with Crippen molar-refractivity contribution < 1.29 is 9.59 Å². The lowest BCUT2D eigenvalue weighted by molar-refractivity contribution is -0.116. The summed E-state index contributed by atoms with van der Waals surface area (Å²) in [5.41, 5.74) is 9.19. The van der Waals surface area contributed by atoms with E-state index >= 15 is 0 Å². The Hall–Kier alpha value is -1.52.